The molecule has 142 valence electrons. The van der Waals surface area contributed by atoms with Crippen LogP contribution < -0.4 is 10.6 Å². The van der Waals surface area contributed by atoms with Crippen molar-refractivity contribution in [1.29, 1.82) is 0 Å². The van der Waals surface area contributed by atoms with Gasteiger partial charge < -0.3 is 10.6 Å². The Bertz CT molecular complexity index is 703. The summed E-state index contributed by atoms with van der Waals surface area (Å²) in [5, 5.41) is 8.06. The number of hydrogen-bond donors (Lipinski definition) is 2. The topological polar surface area (TPSA) is 52.6 Å². The Morgan fingerprint density at radius 1 is 1.35 bits per heavy atom. The van der Waals surface area contributed by atoms with Gasteiger partial charge in [0.1, 0.15) is 0 Å². The highest BCUT2D eigenvalue weighted by atomic mass is 127. The number of guanidine groups is 1. The maximum Gasteiger partial charge on any atom is 0.191 e. The summed E-state index contributed by atoms with van der Waals surface area (Å²) in [6.07, 6.45) is 3.06. The van der Waals surface area contributed by atoms with E-state index in [4.69, 9.17) is 0 Å². The van der Waals surface area contributed by atoms with Crippen LogP contribution in [-0.2, 0) is 13.1 Å². The number of aryl methyl sites for hydroxylation is 1. The first-order chi connectivity index (χ1) is 12.1. The van der Waals surface area contributed by atoms with Gasteiger partial charge in [-0.15, -0.1) is 35.3 Å². The molecule has 2 heterocycles. The summed E-state index contributed by atoms with van der Waals surface area (Å²) in [5.41, 5.74) is 1.37. The van der Waals surface area contributed by atoms with E-state index in [1.165, 1.54) is 10.4 Å². The van der Waals surface area contributed by atoms with Gasteiger partial charge in [0, 0.05) is 43.3 Å². The van der Waals surface area contributed by atoms with Gasteiger partial charge >= 0.3 is 0 Å². The van der Waals surface area contributed by atoms with Gasteiger partial charge in [0.2, 0.25) is 0 Å². The average Bonchev–Trinajstić information content (AvgIpc) is 3.18. The lowest BCUT2D eigenvalue weighted by Crippen LogP contribution is -2.44. The van der Waals surface area contributed by atoms with Crippen molar-refractivity contribution in [1.82, 2.24) is 20.5 Å². The number of aromatic nitrogens is 1. The molecule has 0 aliphatic carbocycles. The third-order valence-corrected chi connectivity index (χ3v) is 5.51. The van der Waals surface area contributed by atoms with Crippen LogP contribution in [0.25, 0.3) is 0 Å². The van der Waals surface area contributed by atoms with Crippen molar-refractivity contribution in [2.45, 2.75) is 45.4 Å². The van der Waals surface area contributed by atoms with E-state index < -0.39 is 0 Å². The molecule has 3 rings (SSSR count). The summed E-state index contributed by atoms with van der Waals surface area (Å²) in [6.45, 7) is 7.15. The summed E-state index contributed by atoms with van der Waals surface area (Å²) in [6, 6.07) is 11.7. The number of benzene rings is 1. The lowest BCUT2D eigenvalue weighted by atomic mass is 10.2. The number of thiazole rings is 1. The van der Waals surface area contributed by atoms with Crippen molar-refractivity contribution in [3.63, 3.8) is 0 Å². The summed E-state index contributed by atoms with van der Waals surface area (Å²) in [4.78, 5) is 12.4. The van der Waals surface area contributed by atoms with Gasteiger partial charge in [-0.25, -0.2) is 4.98 Å². The molecule has 0 spiro atoms. The largest absolute Gasteiger partial charge is 0.352 e. The van der Waals surface area contributed by atoms with Crippen molar-refractivity contribution >= 4 is 41.3 Å². The molecule has 2 unspecified atom stereocenters. The van der Waals surface area contributed by atoms with E-state index in [1.807, 2.05) is 20.2 Å². The van der Waals surface area contributed by atoms with Gasteiger partial charge in [-0.05, 0) is 25.8 Å². The van der Waals surface area contributed by atoms with Crippen molar-refractivity contribution in [2.24, 2.45) is 4.99 Å². The minimum atomic E-state index is 0. The van der Waals surface area contributed by atoms with Crippen LogP contribution in [0, 0.1) is 6.92 Å². The van der Waals surface area contributed by atoms with E-state index in [1.54, 1.807) is 11.3 Å². The van der Waals surface area contributed by atoms with Gasteiger partial charge in [-0.1, -0.05) is 30.3 Å². The van der Waals surface area contributed by atoms with Gasteiger partial charge in [0.05, 0.1) is 11.6 Å². The van der Waals surface area contributed by atoms with Crippen molar-refractivity contribution in [3.05, 3.63) is 52.0 Å². The maximum absolute atomic E-state index is 4.37. The maximum atomic E-state index is 4.37. The molecule has 2 aromatic rings. The Hall–Kier alpha value is -1.19. The summed E-state index contributed by atoms with van der Waals surface area (Å²) in [5.74, 6) is 0.866. The molecular formula is C19H28IN5S. The highest BCUT2D eigenvalue weighted by molar-refractivity contribution is 14.0. The number of rotatable bonds is 5. The number of nitrogens with zero attached hydrogens (tertiary/aromatic N) is 3. The second-order valence-corrected chi connectivity index (χ2v) is 7.93. The van der Waals surface area contributed by atoms with Crippen molar-refractivity contribution in [3.8, 4) is 0 Å². The van der Waals surface area contributed by atoms with Crippen LogP contribution in [0.1, 0.15) is 28.8 Å². The second-order valence-electron chi connectivity index (χ2n) is 6.61. The van der Waals surface area contributed by atoms with Crippen LogP contribution in [0.3, 0.4) is 0 Å². The van der Waals surface area contributed by atoms with Crippen LogP contribution in [-0.4, -0.2) is 41.5 Å². The molecule has 0 radical (unpaired) electrons. The van der Waals surface area contributed by atoms with Gasteiger partial charge in [0.15, 0.2) is 5.96 Å². The molecule has 1 aliphatic rings. The molecule has 1 saturated heterocycles. The first kappa shape index (κ1) is 21.1. The van der Waals surface area contributed by atoms with E-state index in [2.05, 4.69) is 62.8 Å². The molecule has 1 aromatic carbocycles. The highest BCUT2D eigenvalue weighted by Crippen LogP contribution is 2.20. The minimum absolute atomic E-state index is 0. The zero-order chi connectivity index (χ0) is 17.6. The first-order valence-corrected chi connectivity index (χ1v) is 9.62. The number of halogens is 1. The highest BCUT2D eigenvalue weighted by Gasteiger charge is 2.29. The fraction of sp³-hybridized carbons (Fsp3) is 0.474. The number of likely N-dealkylation sites (tertiary alicyclic amines) is 1. The quantitative estimate of drug-likeness (QED) is 0.388. The molecule has 0 amide bonds. The van der Waals surface area contributed by atoms with Crippen LogP contribution in [0.5, 0.6) is 0 Å². The SMILES string of the molecule is CN=C(NCc1cnc(C)s1)NC1CC(C)N(Cc2ccccc2)C1.I. The van der Waals surface area contributed by atoms with Gasteiger partial charge in [-0.3, -0.25) is 9.89 Å². The number of aliphatic imine (C=N–C) groups is 1. The Labute approximate surface area is 177 Å². The third-order valence-electron chi connectivity index (χ3n) is 4.60. The molecule has 26 heavy (non-hydrogen) atoms. The Kier molecular flexibility index (Phi) is 8.30. The molecule has 1 aromatic heterocycles. The van der Waals surface area contributed by atoms with Gasteiger partial charge in [-0.2, -0.15) is 0 Å². The normalized spacial score (nSPS) is 20.7. The van der Waals surface area contributed by atoms with Crippen LogP contribution in [0.15, 0.2) is 41.5 Å². The molecule has 5 nitrogen and oxygen atoms in total. The number of hydrogen-bond acceptors (Lipinski definition) is 4. The molecule has 1 aliphatic heterocycles. The van der Waals surface area contributed by atoms with E-state index in [-0.39, 0.29) is 24.0 Å². The Morgan fingerprint density at radius 2 is 2.12 bits per heavy atom. The average molecular weight is 485 g/mol. The monoisotopic (exact) mass is 485 g/mol. The zero-order valence-corrected chi connectivity index (χ0v) is 18.8. The molecule has 0 saturated carbocycles. The fourth-order valence-electron chi connectivity index (χ4n) is 3.29. The second kappa shape index (κ2) is 10.2. The predicted molar refractivity (Wildman–Crippen MR) is 120 cm³/mol. The van der Waals surface area contributed by atoms with Crippen LogP contribution >= 0.6 is 35.3 Å². The van der Waals surface area contributed by atoms with E-state index >= 15 is 0 Å². The molecule has 0 bridgehead atoms. The van der Waals surface area contributed by atoms with Crippen molar-refractivity contribution in [2.75, 3.05) is 13.6 Å². The smallest absolute Gasteiger partial charge is 0.191 e. The predicted octanol–water partition coefficient (Wildman–Crippen LogP) is 3.40. The molecule has 2 N–H and O–H groups in total. The molecule has 7 heteroatoms. The summed E-state index contributed by atoms with van der Waals surface area (Å²) >= 11 is 1.72. The Morgan fingerprint density at radius 3 is 2.77 bits per heavy atom. The minimum Gasteiger partial charge on any atom is -0.352 e. The number of nitrogens with one attached hydrogen (secondary N) is 2. The first-order valence-electron chi connectivity index (χ1n) is 8.80. The molecule has 2 atom stereocenters. The molecular weight excluding hydrogens is 457 g/mol. The summed E-state index contributed by atoms with van der Waals surface area (Å²) < 4.78 is 0. The molecule has 1 fully saturated rings. The lowest BCUT2D eigenvalue weighted by Gasteiger charge is -2.21. The van der Waals surface area contributed by atoms with Crippen molar-refractivity contribution < 1.29 is 0 Å². The lowest BCUT2D eigenvalue weighted by molar-refractivity contribution is 0.258. The van der Waals surface area contributed by atoms with E-state index in [0.29, 0.717) is 12.1 Å². The van der Waals surface area contributed by atoms with Crippen LogP contribution in [0.4, 0.5) is 0 Å². The standard InChI is InChI=1S/C19H27N5S.HI/c1-14-9-17(13-24(14)12-16-7-5-4-6-8-16)23-19(20-3)22-11-18-10-21-15(2)25-18;/h4-8,10,14,17H,9,11-13H2,1-3H3,(H2,20,22,23);1H. The van der Waals surface area contributed by atoms with Crippen LogP contribution in [0.2, 0.25) is 0 Å². The van der Waals surface area contributed by atoms with E-state index in [0.717, 1.165) is 37.0 Å². The third kappa shape index (κ3) is 5.92. The van der Waals surface area contributed by atoms with Gasteiger partial charge in [0.25, 0.3) is 0 Å². The zero-order valence-electron chi connectivity index (χ0n) is 15.6. The van der Waals surface area contributed by atoms with E-state index in [9.17, 15) is 0 Å². The fourth-order valence-corrected chi connectivity index (χ4v) is 4.02. The Balaban J connectivity index is 0.00000243. The summed E-state index contributed by atoms with van der Waals surface area (Å²) in [7, 11) is 1.83.